The quantitative estimate of drug-likeness (QED) is 0.198. The van der Waals surface area contributed by atoms with Crippen LogP contribution in [-0.4, -0.2) is 18.7 Å². The number of amides is 1. The highest BCUT2D eigenvalue weighted by Crippen LogP contribution is 2.30. The van der Waals surface area contributed by atoms with Crippen molar-refractivity contribution < 1.29 is 14.3 Å². The van der Waals surface area contributed by atoms with Crippen LogP contribution in [-0.2, 0) is 11.4 Å². The average Bonchev–Trinajstić information content (AvgIpc) is 2.91. The van der Waals surface area contributed by atoms with Crippen molar-refractivity contribution in [2.45, 2.75) is 19.4 Å². The molecule has 0 fully saturated rings. The number of nitrogens with one attached hydrogen (secondary N) is 1. The van der Waals surface area contributed by atoms with Gasteiger partial charge in [-0.1, -0.05) is 90.5 Å². The minimum absolute atomic E-state index is 0.214. The van der Waals surface area contributed by atoms with Crippen LogP contribution in [0.3, 0.4) is 0 Å². The Labute approximate surface area is 216 Å². The summed E-state index contributed by atoms with van der Waals surface area (Å²) in [4.78, 5) is 13.1. The number of benzene rings is 4. The van der Waals surface area contributed by atoms with Gasteiger partial charge in [-0.15, -0.1) is 0 Å². The molecule has 5 nitrogen and oxygen atoms in total. The van der Waals surface area contributed by atoms with E-state index in [1.54, 1.807) is 6.21 Å². The average molecular weight is 499 g/mol. The SMILES string of the molecule is CCOc1cc(/C=N/NC(=O)C(c2ccccc2)c2ccccc2)ccc1OCc1ccccc1Cl. The smallest absolute Gasteiger partial charge is 0.252 e. The molecular weight excluding hydrogens is 472 g/mol. The minimum Gasteiger partial charge on any atom is -0.490 e. The van der Waals surface area contributed by atoms with E-state index in [0.717, 1.165) is 22.3 Å². The molecule has 1 amide bonds. The molecule has 0 heterocycles. The first-order valence-corrected chi connectivity index (χ1v) is 12.1. The van der Waals surface area contributed by atoms with Crippen molar-refractivity contribution in [1.29, 1.82) is 0 Å². The molecule has 0 bridgehead atoms. The van der Waals surface area contributed by atoms with Crippen molar-refractivity contribution in [3.63, 3.8) is 0 Å². The van der Waals surface area contributed by atoms with Crippen molar-refractivity contribution in [3.8, 4) is 11.5 Å². The molecule has 0 aliphatic heterocycles. The summed E-state index contributed by atoms with van der Waals surface area (Å²) in [5.41, 5.74) is 6.14. The third-order valence-electron chi connectivity index (χ3n) is 5.52. The molecule has 0 radical (unpaired) electrons. The predicted octanol–water partition coefficient (Wildman–Crippen LogP) is 6.60. The molecule has 0 aliphatic rings. The highest BCUT2D eigenvalue weighted by Gasteiger charge is 2.22. The standard InChI is InChI=1S/C30H27ClN2O3/c1-2-35-28-19-22(17-18-27(28)36-21-25-15-9-10-16-26(25)31)20-32-33-30(34)29(23-11-5-3-6-12-23)24-13-7-4-8-14-24/h3-20,29H,2,21H2,1H3,(H,33,34)/b32-20+. The first-order valence-electron chi connectivity index (χ1n) is 11.7. The summed E-state index contributed by atoms with van der Waals surface area (Å²) in [7, 11) is 0. The Morgan fingerprint density at radius 2 is 1.50 bits per heavy atom. The van der Waals surface area contributed by atoms with Gasteiger partial charge < -0.3 is 9.47 Å². The van der Waals surface area contributed by atoms with E-state index in [1.807, 2.05) is 110 Å². The van der Waals surface area contributed by atoms with E-state index >= 15 is 0 Å². The van der Waals surface area contributed by atoms with Crippen LogP contribution in [0.2, 0.25) is 5.02 Å². The molecule has 0 aliphatic carbocycles. The summed E-state index contributed by atoms with van der Waals surface area (Å²) < 4.78 is 11.7. The Hall–Kier alpha value is -4.09. The largest absolute Gasteiger partial charge is 0.490 e. The van der Waals surface area contributed by atoms with Gasteiger partial charge in [-0.05, 0) is 47.9 Å². The Bertz CT molecular complexity index is 1270. The van der Waals surface area contributed by atoms with Gasteiger partial charge in [0.25, 0.3) is 5.91 Å². The molecule has 0 aromatic heterocycles. The van der Waals surface area contributed by atoms with Gasteiger partial charge >= 0.3 is 0 Å². The maximum absolute atomic E-state index is 13.1. The van der Waals surface area contributed by atoms with Crippen LogP contribution in [0.25, 0.3) is 0 Å². The number of rotatable bonds is 10. The molecule has 4 aromatic carbocycles. The number of nitrogens with zero attached hydrogens (tertiary/aromatic N) is 1. The Morgan fingerprint density at radius 1 is 0.861 bits per heavy atom. The molecule has 0 spiro atoms. The molecule has 6 heteroatoms. The zero-order valence-electron chi connectivity index (χ0n) is 19.9. The molecule has 4 aromatic rings. The van der Waals surface area contributed by atoms with Crippen LogP contribution in [0.4, 0.5) is 0 Å². The summed E-state index contributed by atoms with van der Waals surface area (Å²) >= 11 is 6.24. The van der Waals surface area contributed by atoms with Crippen LogP contribution in [0.1, 0.15) is 35.1 Å². The molecule has 1 N–H and O–H groups in total. The van der Waals surface area contributed by atoms with E-state index in [9.17, 15) is 4.79 Å². The minimum atomic E-state index is -0.468. The van der Waals surface area contributed by atoms with Gasteiger partial charge in [0.05, 0.1) is 18.7 Å². The van der Waals surface area contributed by atoms with Crippen molar-refractivity contribution in [2.75, 3.05) is 6.61 Å². The fourth-order valence-corrected chi connectivity index (χ4v) is 3.97. The number of hydrogen-bond donors (Lipinski definition) is 1. The second-order valence-electron chi connectivity index (χ2n) is 8.01. The zero-order chi connectivity index (χ0) is 25.2. The molecule has 4 rings (SSSR count). The lowest BCUT2D eigenvalue weighted by molar-refractivity contribution is -0.121. The third kappa shape index (κ3) is 6.52. The van der Waals surface area contributed by atoms with Crippen LogP contribution < -0.4 is 14.9 Å². The number of hydrazone groups is 1. The fourth-order valence-electron chi connectivity index (χ4n) is 3.78. The van der Waals surface area contributed by atoms with Crippen LogP contribution in [0, 0.1) is 0 Å². The molecule has 0 saturated carbocycles. The number of carbonyl (C=O) groups is 1. The summed E-state index contributed by atoms with van der Waals surface area (Å²) in [6, 6.07) is 32.4. The molecular formula is C30H27ClN2O3. The first-order chi connectivity index (χ1) is 17.7. The number of hydrogen-bond acceptors (Lipinski definition) is 4. The Morgan fingerprint density at radius 3 is 2.14 bits per heavy atom. The third-order valence-corrected chi connectivity index (χ3v) is 5.89. The second-order valence-corrected chi connectivity index (χ2v) is 8.42. The second kappa shape index (κ2) is 12.6. The van der Waals surface area contributed by atoms with E-state index in [2.05, 4.69) is 10.5 Å². The van der Waals surface area contributed by atoms with Crippen LogP contribution in [0.15, 0.2) is 108 Å². The summed E-state index contributed by atoms with van der Waals surface area (Å²) in [5, 5.41) is 4.86. The van der Waals surface area contributed by atoms with E-state index in [1.165, 1.54) is 0 Å². The zero-order valence-corrected chi connectivity index (χ0v) is 20.7. The lowest BCUT2D eigenvalue weighted by atomic mass is 9.91. The van der Waals surface area contributed by atoms with Gasteiger partial charge in [0.15, 0.2) is 11.5 Å². The van der Waals surface area contributed by atoms with E-state index in [4.69, 9.17) is 21.1 Å². The van der Waals surface area contributed by atoms with Gasteiger partial charge in [-0.2, -0.15) is 5.10 Å². The Balaban J connectivity index is 1.47. The van der Waals surface area contributed by atoms with Gasteiger partial charge in [0.1, 0.15) is 6.61 Å². The van der Waals surface area contributed by atoms with E-state index < -0.39 is 5.92 Å². The molecule has 182 valence electrons. The topological polar surface area (TPSA) is 59.9 Å². The fraction of sp³-hybridized carbons (Fsp3) is 0.133. The van der Waals surface area contributed by atoms with Crippen molar-refractivity contribution >= 4 is 23.7 Å². The molecule has 0 unspecified atom stereocenters. The predicted molar refractivity (Wildman–Crippen MR) is 144 cm³/mol. The summed E-state index contributed by atoms with van der Waals surface area (Å²) in [6.45, 7) is 2.71. The lowest BCUT2D eigenvalue weighted by Gasteiger charge is -2.16. The van der Waals surface area contributed by atoms with Gasteiger partial charge in [0, 0.05) is 10.6 Å². The van der Waals surface area contributed by atoms with Crippen molar-refractivity contribution in [1.82, 2.24) is 5.43 Å². The highest BCUT2D eigenvalue weighted by molar-refractivity contribution is 6.31. The number of ether oxygens (including phenoxy) is 2. The monoisotopic (exact) mass is 498 g/mol. The highest BCUT2D eigenvalue weighted by atomic mass is 35.5. The van der Waals surface area contributed by atoms with Crippen LogP contribution >= 0.6 is 11.6 Å². The number of carbonyl (C=O) groups excluding carboxylic acids is 1. The van der Waals surface area contributed by atoms with E-state index in [-0.39, 0.29) is 5.91 Å². The van der Waals surface area contributed by atoms with E-state index in [0.29, 0.717) is 29.7 Å². The van der Waals surface area contributed by atoms with Gasteiger partial charge in [-0.25, -0.2) is 5.43 Å². The number of halogens is 1. The maximum atomic E-state index is 13.1. The normalized spacial score (nSPS) is 11.0. The van der Waals surface area contributed by atoms with Gasteiger partial charge in [-0.3, -0.25) is 4.79 Å². The molecule has 36 heavy (non-hydrogen) atoms. The lowest BCUT2D eigenvalue weighted by Crippen LogP contribution is -2.26. The molecule has 0 saturated heterocycles. The first kappa shape index (κ1) is 25.0. The summed E-state index contributed by atoms with van der Waals surface area (Å²) in [5.74, 6) is 0.509. The maximum Gasteiger partial charge on any atom is 0.252 e. The van der Waals surface area contributed by atoms with Crippen LogP contribution in [0.5, 0.6) is 11.5 Å². The molecule has 0 atom stereocenters. The summed E-state index contributed by atoms with van der Waals surface area (Å²) in [6.07, 6.45) is 1.59. The van der Waals surface area contributed by atoms with Crippen molar-refractivity contribution in [2.24, 2.45) is 5.10 Å². The van der Waals surface area contributed by atoms with Gasteiger partial charge in [0.2, 0.25) is 0 Å². The van der Waals surface area contributed by atoms with Crippen molar-refractivity contribution in [3.05, 3.63) is 130 Å². The Kier molecular flexibility index (Phi) is 8.73.